The quantitative estimate of drug-likeness (QED) is 0.0205. The highest BCUT2D eigenvalue weighted by Crippen LogP contribution is 2.43. The highest BCUT2D eigenvalue weighted by atomic mass is 31.2. The molecule has 0 bridgehead atoms. The Morgan fingerprint density at radius 1 is 0.450 bits per heavy atom. The van der Waals surface area contributed by atoms with Crippen LogP contribution in [0.2, 0.25) is 0 Å². The van der Waals surface area contributed by atoms with E-state index in [0.717, 1.165) is 122 Å². The van der Waals surface area contributed by atoms with Crippen LogP contribution in [0, 0.1) is 0 Å². The summed E-state index contributed by atoms with van der Waals surface area (Å²) in [6.07, 6.45) is 83.2. The molecule has 80 heavy (non-hydrogen) atoms. The fraction of sp³-hybridized carbons (Fsp3) is 0.657. The number of hydrogen-bond donors (Lipinski definition) is 2. The molecule has 0 aromatic heterocycles. The van der Waals surface area contributed by atoms with Crippen LogP contribution in [0.15, 0.2) is 134 Å². The minimum absolute atomic E-state index is 0.0215. The van der Waals surface area contributed by atoms with Crippen molar-refractivity contribution in [3.05, 3.63) is 134 Å². The number of rotatable bonds is 56. The first-order chi connectivity index (χ1) is 38.9. The van der Waals surface area contributed by atoms with Crippen molar-refractivity contribution < 1.29 is 37.3 Å². The topological polar surface area (TPSA) is 111 Å². The van der Waals surface area contributed by atoms with Gasteiger partial charge in [-0.3, -0.25) is 18.6 Å². The Bertz CT molecular complexity index is 1830. The average Bonchev–Trinajstić information content (AvgIpc) is 3.42. The zero-order chi connectivity index (χ0) is 58.6. The van der Waals surface area contributed by atoms with Gasteiger partial charge in [-0.1, -0.05) is 251 Å². The molecule has 1 amide bonds. The molecule has 0 aromatic carbocycles. The number of ether oxygens (including phenoxy) is 1. The fourth-order valence-corrected chi connectivity index (χ4v) is 9.21. The predicted octanol–water partition coefficient (Wildman–Crippen LogP) is 20.1. The van der Waals surface area contributed by atoms with Gasteiger partial charge in [0.15, 0.2) is 0 Å². The van der Waals surface area contributed by atoms with Crippen molar-refractivity contribution in [3.63, 3.8) is 0 Å². The molecule has 456 valence electrons. The summed E-state index contributed by atoms with van der Waals surface area (Å²) in [5.74, 6) is -0.589. The minimum atomic E-state index is -4.48. The molecular formula is C70H120N2O7P+. The molecule has 0 aliphatic rings. The summed E-state index contributed by atoms with van der Waals surface area (Å²) in [6, 6.07) is -0.890. The van der Waals surface area contributed by atoms with Gasteiger partial charge >= 0.3 is 13.8 Å². The number of nitrogens with zero attached hydrogens (tertiary/aromatic N) is 1. The summed E-state index contributed by atoms with van der Waals surface area (Å²) in [5, 5.41) is 3.02. The molecule has 10 heteroatoms. The van der Waals surface area contributed by atoms with Gasteiger partial charge in [0.05, 0.1) is 33.8 Å². The minimum Gasteiger partial charge on any atom is -0.456 e. The largest absolute Gasteiger partial charge is 0.472 e. The zero-order valence-corrected chi connectivity index (χ0v) is 52.9. The van der Waals surface area contributed by atoms with E-state index in [1.807, 2.05) is 33.3 Å². The predicted molar refractivity (Wildman–Crippen MR) is 346 cm³/mol. The first-order valence-electron chi connectivity index (χ1n) is 32.0. The molecule has 3 atom stereocenters. The number of phosphoric acid groups is 1. The highest BCUT2D eigenvalue weighted by molar-refractivity contribution is 7.47. The van der Waals surface area contributed by atoms with Crippen LogP contribution in [-0.4, -0.2) is 74.3 Å². The van der Waals surface area contributed by atoms with E-state index in [-0.39, 0.29) is 37.9 Å². The summed E-state index contributed by atoms with van der Waals surface area (Å²) in [4.78, 5) is 37.7. The van der Waals surface area contributed by atoms with Crippen LogP contribution in [0.5, 0.6) is 0 Å². The van der Waals surface area contributed by atoms with Crippen molar-refractivity contribution in [2.24, 2.45) is 0 Å². The number of hydrogen-bond acceptors (Lipinski definition) is 6. The Morgan fingerprint density at radius 2 is 0.812 bits per heavy atom. The van der Waals surface area contributed by atoms with Gasteiger partial charge in [0.1, 0.15) is 19.3 Å². The lowest BCUT2D eigenvalue weighted by molar-refractivity contribution is -0.870. The molecule has 0 rings (SSSR count). The number of carbonyl (C=O) groups excluding carboxylic acids is 2. The van der Waals surface area contributed by atoms with Gasteiger partial charge in [-0.15, -0.1) is 0 Å². The molecule has 0 fully saturated rings. The van der Waals surface area contributed by atoms with Crippen molar-refractivity contribution in [2.75, 3.05) is 40.9 Å². The third-order valence-corrected chi connectivity index (χ3v) is 14.3. The van der Waals surface area contributed by atoms with Crippen LogP contribution in [0.25, 0.3) is 0 Å². The Hall–Kier alpha value is -3.85. The maximum atomic E-state index is 13.5. The van der Waals surface area contributed by atoms with Crippen molar-refractivity contribution in [1.82, 2.24) is 5.32 Å². The van der Waals surface area contributed by atoms with Gasteiger partial charge < -0.3 is 19.4 Å². The molecule has 0 aliphatic heterocycles. The molecule has 2 N–H and O–H groups in total. The number of amides is 1. The van der Waals surface area contributed by atoms with E-state index < -0.39 is 20.0 Å². The smallest absolute Gasteiger partial charge is 0.456 e. The van der Waals surface area contributed by atoms with Crippen molar-refractivity contribution in [3.8, 4) is 0 Å². The monoisotopic (exact) mass is 1130 g/mol. The summed E-state index contributed by atoms with van der Waals surface area (Å²) in [6.45, 7) is 6.72. The van der Waals surface area contributed by atoms with Crippen LogP contribution >= 0.6 is 7.82 Å². The first kappa shape index (κ1) is 76.1. The standard InChI is InChI=1S/C70H119N2O7P/c1-7-10-13-16-19-22-25-28-30-32-33-34-35-36-37-38-39-41-43-45-48-51-54-57-60-63-70(74)79-68(61-58-55-52-49-46-27-24-21-18-15-12-9-3)67(66-78-80(75,76)77-65-64-72(4,5)6)71-69(73)62-59-56-53-50-47-44-42-40-31-29-26-23-20-17-14-11-8-2/h10-11,13-14,19-20,22-23,28-31,33-34,36-37,42,44,50,53,58,61,67-68H,7-9,12,15-18,21,24-27,32,35,38-41,43,45-49,51-52,54-57,59-60,62-66H2,1-6H3,(H-,71,73,75,76)/p+1/b13-10-,14-11-,22-19-,23-20-,30-28-,31-29-,34-33-,37-36-,44-42-,53-50-,61-58-. The molecule has 0 saturated carbocycles. The van der Waals surface area contributed by atoms with E-state index in [1.54, 1.807) is 0 Å². The fourth-order valence-electron chi connectivity index (χ4n) is 8.47. The van der Waals surface area contributed by atoms with Crippen LogP contribution < -0.4 is 5.32 Å². The summed E-state index contributed by atoms with van der Waals surface area (Å²) >= 11 is 0. The number of unbranched alkanes of at least 4 members (excludes halogenated alkanes) is 20. The van der Waals surface area contributed by atoms with E-state index in [0.29, 0.717) is 17.4 Å². The van der Waals surface area contributed by atoms with Gasteiger partial charge in [-0.25, -0.2) is 4.57 Å². The number of quaternary nitrogens is 1. The van der Waals surface area contributed by atoms with Crippen LogP contribution in [-0.2, 0) is 27.9 Å². The Morgan fingerprint density at radius 3 is 1.23 bits per heavy atom. The zero-order valence-electron chi connectivity index (χ0n) is 52.0. The molecule has 0 saturated heterocycles. The third kappa shape index (κ3) is 58.8. The number of likely N-dealkylation sites (N-methyl/N-ethyl adjacent to an activating group) is 1. The lowest BCUT2D eigenvalue weighted by Crippen LogP contribution is -2.47. The van der Waals surface area contributed by atoms with E-state index >= 15 is 0 Å². The molecule has 0 radical (unpaired) electrons. The maximum absolute atomic E-state index is 13.5. The van der Waals surface area contributed by atoms with Gasteiger partial charge in [0.2, 0.25) is 5.91 Å². The highest BCUT2D eigenvalue weighted by Gasteiger charge is 2.30. The second kappa shape index (κ2) is 58.4. The average molecular weight is 1130 g/mol. The van der Waals surface area contributed by atoms with Crippen molar-refractivity contribution in [1.29, 1.82) is 0 Å². The van der Waals surface area contributed by atoms with Crippen LogP contribution in [0.3, 0.4) is 0 Å². The van der Waals surface area contributed by atoms with Crippen LogP contribution in [0.4, 0.5) is 0 Å². The molecule has 0 aliphatic carbocycles. The molecule has 0 spiro atoms. The molecule has 9 nitrogen and oxygen atoms in total. The van der Waals surface area contributed by atoms with E-state index in [2.05, 4.69) is 148 Å². The number of esters is 1. The third-order valence-electron chi connectivity index (χ3n) is 13.3. The summed E-state index contributed by atoms with van der Waals surface area (Å²) < 4.78 is 30.7. The second-order valence-corrected chi connectivity index (χ2v) is 23.6. The summed E-state index contributed by atoms with van der Waals surface area (Å²) in [5.41, 5.74) is 0. The van der Waals surface area contributed by atoms with E-state index in [9.17, 15) is 19.0 Å². The van der Waals surface area contributed by atoms with E-state index in [1.165, 1.54) is 83.5 Å². The molecule has 0 heterocycles. The number of carbonyl (C=O) groups is 2. The van der Waals surface area contributed by atoms with E-state index in [4.69, 9.17) is 13.8 Å². The number of allylic oxidation sites excluding steroid dienone is 21. The van der Waals surface area contributed by atoms with Gasteiger partial charge in [-0.2, -0.15) is 0 Å². The molecule has 0 aromatic rings. The second-order valence-electron chi connectivity index (χ2n) is 22.2. The number of nitrogens with one attached hydrogen (secondary N) is 1. The summed E-state index contributed by atoms with van der Waals surface area (Å²) in [7, 11) is 1.44. The van der Waals surface area contributed by atoms with Gasteiger partial charge in [0, 0.05) is 12.8 Å². The van der Waals surface area contributed by atoms with Gasteiger partial charge in [0.25, 0.3) is 0 Å². The first-order valence-corrected chi connectivity index (χ1v) is 33.5. The molecular weight excluding hydrogens is 1010 g/mol. The number of phosphoric ester groups is 1. The van der Waals surface area contributed by atoms with Crippen LogP contribution in [0.1, 0.15) is 245 Å². The lowest BCUT2D eigenvalue weighted by atomic mass is 10.0. The SMILES string of the molecule is CC/C=C\C/C=C\C/C=C\C/C=C\C/C=C\CCCCCCCCCCCC(=O)OC(/C=C\CCCCCCCCCCCC)C(COP(=O)(O)OCC[N+](C)(C)C)NC(=O)CCC/C=C\C/C=C\C/C=C\C/C=C\C/C=C\CC. The Balaban J connectivity index is 5.26. The maximum Gasteiger partial charge on any atom is 0.472 e. The van der Waals surface area contributed by atoms with Gasteiger partial charge in [-0.05, 0) is 115 Å². The normalized spacial score (nSPS) is 14.5. The molecule has 3 unspecified atom stereocenters. The lowest BCUT2D eigenvalue weighted by Gasteiger charge is -2.27. The Labute approximate surface area is 492 Å². The Kier molecular flexibility index (Phi) is 55.5. The van der Waals surface area contributed by atoms with Crippen molar-refractivity contribution in [2.45, 2.75) is 258 Å². The van der Waals surface area contributed by atoms with Crippen molar-refractivity contribution >= 4 is 19.7 Å².